The molecule has 6 nitrogen and oxygen atoms in total. The fraction of sp³-hybridized carbons (Fsp3) is 0.421. The van der Waals surface area contributed by atoms with Crippen LogP contribution in [0.3, 0.4) is 0 Å². The molecule has 0 bridgehead atoms. The van der Waals surface area contributed by atoms with E-state index >= 15 is 0 Å². The molecule has 0 aliphatic heterocycles. The van der Waals surface area contributed by atoms with Gasteiger partial charge in [0.1, 0.15) is 11.9 Å². The predicted octanol–water partition coefficient (Wildman–Crippen LogP) is 2.87. The van der Waals surface area contributed by atoms with Crippen molar-refractivity contribution in [2.75, 3.05) is 6.54 Å². The number of hydrogen-bond acceptors (Lipinski definition) is 3. The van der Waals surface area contributed by atoms with E-state index in [1.165, 1.54) is 0 Å². The molecule has 2 heterocycles. The Balaban J connectivity index is 1.76. The van der Waals surface area contributed by atoms with Gasteiger partial charge in [0.25, 0.3) is 0 Å². The van der Waals surface area contributed by atoms with Crippen LogP contribution in [0, 0.1) is 6.92 Å². The van der Waals surface area contributed by atoms with Gasteiger partial charge in [-0.3, -0.25) is 9.48 Å². The van der Waals surface area contributed by atoms with Crippen molar-refractivity contribution in [3.63, 3.8) is 0 Å². The second-order valence-electron chi connectivity index (χ2n) is 6.24. The highest BCUT2D eigenvalue weighted by molar-refractivity contribution is 5.84. The third-order valence-corrected chi connectivity index (χ3v) is 4.39. The van der Waals surface area contributed by atoms with Crippen molar-refractivity contribution in [3.8, 4) is 0 Å². The van der Waals surface area contributed by atoms with E-state index in [1.54, 1.807) is 0 Å². The van der Waals surface area contributed by atoms with Crippen molar-refractivity contribution in [2.24, 2.45) is 0 Å². The second-order valence-corrected chi connectivity index (χ2v) is 6.24. The number of nitrogens with one attached hydrogen (secondary N) is 1. The number of amides is 1. The summed E-state index contributed by atoms with van der Waals surface area (Å²) in [6.07, 6.45) is 5.31. The molecule has 1 unspecified atom stereocenters. The molecule has 3 aromatic rings. The number of imidazole rings is 1. The van der Waals surface area contributed by atoms with Crippen LogP contribution in [0.1, 0.15) is 37.7 Å². The highest BCUT2D eigenvalue weighted by Gasteiger charge is 2.23. The SMILES string of the molecule is CCc1nc2ccccc2n1C(CC)C(=O)NCCn1cc(C)cn1. The largest absolute Gasteiger partial charge is 0.352 e. The van der Waals surface area contributed by atoms with Crippen LogP contribution in [-0.2, 0) is 17.8 Å². The van der Waals surface area contributed by atoms with Gasteiger partial charge in [0.05, 0.1) is 23.8 Å². The van der Waals surface area contributed by atoms with E-state index < -0.39 is 0 Å². The number of fused-ring (bicyclic) bond motifs is 1. The van der Waals surface area contributed by atoms with Crippen LogP contribution in [0.15, 0.2) is 36.7 Å². The molecule has 6 heteroatoms. The van der Waals surface area contributed by atoms with E-state index in [-0.39, 0.29) is 11.9 Å². The summed E-state index contributed by atoms with van der Waals surface area (Å²) in [5.41, 5.74) is 3.08. The number of benzene rings is 1. The summed E-state index contributed by atoms with van der Waals surface area (Å²) in [5.74, 6) is 0.982. The van der Waals surface area contributed by atoms with Gasteiger partial charge in [0, 0.05) is 19.2 Å². The van der Waals surface area contributed by atoms with Gasteiger partial charge in [-0.25, -0.2) is 4.98 Å². The summed E-state index contributed by atoms with van der Waals surface area (Å²) < 4.78 is 3.93. The maximum absolute atomic E-state index is 12.8. The fourth-order valence-corrected chi connectivity index (χ4v) is 3.18. The van der Waals surface area contributed by atoms with Crippen molar-refractivity contribution >= 4 is 16.9 Å². The molecule has 1 aromatic carbocycles. The van der Waals surface area contributed by atoms with Crippen LogP contribution < -0.4 is 5.32 Å². The number of rotatable bonds is 7. The van der Waals surface area contributed by atoms with Crippen LogP contribution in [0.4, 0.5) is 0 Å². The van der Waals surface area contributed by atoms with Gasteiger partial charge in [-0.15, -0.1) is 0 Å². The lowest BCUT2D eigenvalue weighted by molar-refractivity contribution is -0.124. The van der Waals surface area contributed by atoms with Crippen molar-refractivity contribution in [2.45, 2.75) is 46.2 Å². The number of aryl methyl sites for hydroxylation is 2. The first kappa shape index (κ1) is 17.2. The Hall–Kier alpha value is -2.63. The Morgan fingerprint density at radius 3 is 2.76 bits per heavy atom. The molecule has 2 aromatic heterocycles. The van der Waals surface area contributed by atoms with Gasteiger partial charge in [-0.1, -0.05) is 26.0 Å². The van der Waals surface area contributed by atoms with Crippen molar-refractivity contribution < 1.29 is 4.79 Å². The molecule has 0 aliphatic rings. The Morgan fingerprint density at radius 2 is 2.08 bits per heavy atom. The Kier molecular flexibility index (Phi) is 5.16. The monoisotopic (exact) mass is 339 g/mol. The number of carbonyl (C=O) groups excluding carboxylic acids is 1. The maximum Gasteiger partial charge on any atom is 0.243 e. The molecule has 1 amide bonds. The van der Waals surface area contributed by atoms with E-state index in [2.05, 4.69) is 26.9 Å². The average molecular weight is 339 g/mol. The molecule has 3 rings (SSSR count). The van der Waals surface area contributed by atoms with Gasteiger partial charge in [0.15, 0.2) is 0 Å². The molecule has 0 fully saturated rings. The standard InChI is InChI=1S/C19H25N5O/c1-4-16(19(25)20-10-11-23-13-14(3)12-21-23)24-17-9-7-6-8-15(17)22-18(24)5-2/h6-9,12-13,16H,4-5,10-11H2,1-3H3,(H,20,25). The summed E-state index contributed by atoms with van der Waals surface area (Å²) in [6.45, 7) is 7.34. The second kappa shape index (κ2) is 7.51. The van der Waals surface area contributed by atoms with Crippen molar-refractivity contribution in [1.82, 2.24) is 24.6 Å². The van der Waals surface area contributed by atoms with Crippen LogP contribution in [0.25, 0.3) is 11.0 Å². The van der Waals surface area contributed by atoms with E-state index in [0.717, 1.165) is 35.3 Å². The molecule has 25 heavy (non-hydrogen) atoms. The molecule has 132 valence electrons. The van der Waals surface area contributed by atoms with Crippen molar-refractivity contribution in [3.05, 3.63) is 48.0 Å². The number of para-hydroxylation sites is 2. The maximum atomic E-state index is 12.8. The molecule has 0 radical (unpaired) electrons. The highest BCUT2D eigenvalue weighted by atomic mass is 16.2. The van der Waals surface area contributed by atoms with Crippen LogP contribution >= 0.6 is 0 Å². The predicted molar refractivity (Wildman–Crippen MR) is 98.4 cm³/mol. The zero-order valence-electron chi connectivity index (χ0n) is 15.1. The van der Waals surface area contributed by atoms with Crippen LogP contribution in [-0.4, -0.2) is 31.8 Å². The summed E-state index contributed by atoms with van der Waals surface area (Å²) in [5, 5.41) is 7.29. The summed E-state index contributed by atoms with van der Waals surface area (Å²) in [4.78, 5) is 17.5. The minimum absolute atomic E-state index is 0.0317. The minimum atomic E-state index is -0.248. The first-order valence-corrected chi connectivity index (χ1v) is 8.86. The summed E-state index contributed by atoms with van der Waals surface area (Å²) in [6, 6.07) is 7.75. The van der Waals surface area contributed by atoms with E-state index in [9.17, 15) is 4.79 Å². The Bertz CT molecular complexity index is 864. The molecule has 0 spiro atoms. The lowest BCUT2D eigenvalue weighted by Gasteiger charge is -2.20. The van der Waals surface area contributed by atoms with Gasteiger partial charge in [-0.05, 0) is 31.0 Å². The van der Waals surface area contributed by atoms with E-state index in [1.807, 2.05) is 55.2 Å². The smallest absolute Gasteiger partial charge is 0.243 e. The van der Waals surface area contributed by atoms with Gasteiger partial charge in [0.2, 0.25) is 5.91 Å². The van der Waals surface area contributed by atoms with Crippen LogP contribution in [0.5, 0.6) is 0 Å². The normalized spacial score (nSPS) is 12.4. The number of nitrogens with zero attached hydrogens (tertiary/aromatic N) is 4. The van der Waals surface area contributed by atoms with E-state index in [4.69, 9.17) is 0 Å². The Labute approximate surface area is 147 Å². The first-order chi connectivity index (χ1) is 12.1. The molecule has 0 aliphatic carbocycles. The van der Waals surface area contributed by atoms with Gasteiger partial charge in [-0.2, -0.15) is 5.10 Å². The van der Waals surface area contributed by atoms with Gasteiger partial charge < -0.3 is 9.88 Å². The third-order valence-electron chi connectivity index (χ3n) is 4.39. The Morgan fingerprint density at radius 1 is 1.28 bits per heavy atom. The fourth-order valence-electron chi connectivity index (χ4n) is 3.18. The lowest BCUT2D eigenvalue weighted by atomic mass is 10.2. The highest BCUT2D eigenvalue weighted by Crippen LogP contribution is 2.23. The lowest BCUT2D eigenvalue weighted by Crippen LogP contribution is -2.35. The number of hydrogen-bond donors (Lipinski definition) is 1. The first-order valence-electron chi connectivity index (χ1n) is 8.86. The number of carbonyl (C=O) groups is 1. The quantitative estimate of drug-likeness (QED) is 0.720. The minimum Gasteiger partial charge on any atom is -0.352 e. The molecular weight excluding hydrogens is 314 g/mol. The zero-order valence-corrected chi connectivity index (χ0v) is 15.1. The molecular formula is C19H25N5O. The van der Waals surface area contributed by atoms with Crippen LogP contribution in [0.2, 0.25) is 0 Å². The zero-order chi connectivity index (χ0) is 17.8. The van der Waals surface area contributed by atoms with Gasteiger partial charge >= 0.3 is 0 Å². The molecule has 0 saturated heterocycles. The molecule has 0 saturated carbocycles. The summed E-state index contributed by atoms with van der Waals surface area (Å²) >= 11 is 0. The van der Waals surface area contributed by atoms with E-state index in [0.29, 0.717) is 13.1 Å². The summed E-state index contributed by atoms with van der Waals surface area (Å²) in [7, 11) is 0. The van der Waals surface area contributed by atoms with Crippen molar-refractivity contribution in [1.29, 1.82) is 0 Å². The average Bonchev–Trinajstić information content (AvgIpc) is 3.19. The molecule has 1 atom stereocenters. The molecule has 1 N–H and O–H groups in total. The third kappa shape index (κ3) is 3.57. The topological polar surface area (TPSA) is 64.7 Å². The number of aromatic nitrogens is 4.